The molecule has 0 radical (unpaired) electrons. The number of methoxy groups -OCH3 is 1. The number of halogens is 1. The number of carbonyl (C=O) groups is 2. The maximum absolute atomic E-state index is 14.7. The highest BCUT2D eigenvalue weighted by Crippen LogP contribution is 2.37. The number of ether oxygens (including phenoxy) is 3. The molecule has 3 N–H and O–H groups in total. The van der Waals surface area contributed by atoms with Gasteiger partial charge < -0.3 is 25.3 Å². The van der Waals surface area contributed by atoms with E-state index in [0.717, 1.165) is 15.8 Å². The third-order valence-electron chi connectivity index (χ3n) is 5.07. The van der Waals surface area contributed by atoms with Crippen molar-refractivity contribution in [2.24, 2.45) is 5.73 Å². The fourth-order valence-corrected chi connectivity index (χ4v) is 4.41. The Labute approximate surface area is 209 Å². The van der Waals surface area contributed by atoms with E-state index in [4.69, 9.17) is 19.9 Å². The van der Waals surface area contributed by atoms with E-state index in [9.17, 15) is 14.0 Å². The minimum atomic E-state index is -0.721. The van der Waals surface area contributed by atoms with Gasteiger partial charge in [-0.1, -0.05) is 0 Å². The average molecular weight is 514 g/mol. The molecule has 0 fully saturated rings. The molecule has 0 unspecified atom stereocenters. The lowest BCUT2D eigenvalue weighted by atomic mass is 10.1. The smallest absolute Gasteiger partial charge is 0.407 e. The number of nitrogens with one attached hydrogen (secondary N) is 1. The minimum absolute atomic E-state index is 0.00115. The zero-order chi connectivity index (χ0) is 25.8. The van der Waals surface area contributed by atoms with Crippen molar-refractivity contribution in [1.29, 1.82) is 0 Å². The van der Waals surface area contributed by atoms with Crippen molar-refractivity contribution >= 4 is 44.6 Å². The van der Waals surface area contributed by atoms with Crippen LogP contribution in [0.5, 0.6) is 11.6 Å². The monoisotopic (exact) mass is 513 g/mol. The lowest BCUT2D eigenvalue weighted by Gasteiger charge is -2.15. The molecule has 36 heavy (non-hydrogen) atoms. The Balaban J connectivity index is 1.51. The molecule has 188 valence electrons. The summed E-state index contributed by atoms with van der Waals surface area (Å²) in [6, 6.07) is 6.74. The Bertz CT molecular complexity index is 1440. The molecule has 10 nitrogen and oxygen atoms in total. The number of carbonyl (C=O) groups excluding carboxylic acids is 2. The van der Waals surface area contributed by atoms with E-state index in [-0.39, 0.29) is 25.3 Å². The van der Waals surface area contributed by atoms with Gasteiger partial charge in [-0.15, -0.1) is 11.3 Å². The van der Waals surface area contributed by atoms with Crippen molar-refractivity contribution in [1.82, 2.24) is 20.3 Å². The highest BCUT2D eigenvalue weighted by atomic mass is 32.1. The number of amides is 2. The van der Waals surface area contributed by atoms with Gasteiger partial charge in [0.15, 0.2) is 11.6 Å². The molecule has 2 aromatic heterocycles. The quantitative estimate of drug-likeness (QED) is 0.345. The second-order valence-electron chi connectivity index (χ2n) is 8.03. The molecule has 0 saturated heterocycles. The molecule has 2 aromatic carbocycles. The van der Waals surface area contributed by atoms with E-state index >= 15 is 0 Å². The predicted molar refractivity (Wildman–Crippen MR) is 133 cm³/mol. The van der Waals surface area contributed by atoms with Crippen LogP contribution in [0.25, 0.3) is 31.8 Å². The molecule has 4 aromatic rings. The fraction of sp³-hybridized carbons (Fsp3) is 0.292. The first-order valence-electron chi connectivity index (χ1n) is 11.0. The van der Waals surface area contributed by atoms with Crippen LogP contribution in [0.1, 0.15) is 18.9 Å². The van der Waals surface area contributed by atoms with Crippen molar-refractivity contribution in [2.75, 3.05) is 20.3 Å². The van der Waals surface area contributed by atoms with Gasteiger partial charge in [-0.05, 0) is 31.5 Å². The summed E-state index contributed by atoms with van der Waals surface area (Å²) in [6.07, 6.45) is 0.157. The van der Waals surface area contributed by atoms with Crippen LogP contribution in [0.2, 0.25) is 0 Å². The SMILES string of the molecule is COc1cnc2c(-c3nc4cc(F)c(OC[C@@H](C)OC(=O)NCCC(N)=O)cc4s3)cc(C)cc2n1. The summed E-state index contributed by atoms with van der Waals surface area (Å²) in [5.41, 5.74) is 8.60. The van der Waals surface area contributed by atoms with E-state index in [1.807, 2.05) is 19.1 Å². The summed E-state index contributed by atoms with van der Waals surface area (Å²) < 4.78 is 31.3. The normalized spacial score (nSPS) is 11.9. The number of benzene rings is 2. The molecule has 0 saturated carbocycles. The number of alkyl carbamates (subject to hydrolysis) is 1. The van der Waals surface area contributed by atoms with Gasteiger partial charge in [0.2, 0.25) is 11.8 Å². The average Bonchev–Trinajstić information content (AvgIpc) is 3.23. The molecule has 2 amide bonds. The van der Waals surface area contributed by atoms with Crippen LogP contribution in [-0.2, 0) is 9.53 Å². The number of primary amides is 1. The number of thiazole rings is 1. The second kappa shape index (κ2) is 10.7. The first-order chi connectivity index (χ1) is 17.2. The van der Waals surface area contributed by atoms with Gasteiger partial charge in [-0.3, -0.25) is 4.79 Å². The number of nitrogens with two attached hydrogens (primary N) is 1. The van der Waals surface area contributed by atoms with Crippen molar-refractivity contribution < 1.29 is 28.2 Å². The molecular weight excluding hydrogens is 489 g/mol. The van der Waals surface area contributed by atoms with E-state index < -0.39 is 23.9 Å². The molecule has 12 heteroatoms. The van der Waals surface area contributed by atoms with Crippen LogP contribution in [0.15, 0.2) is 30.5 Å². The second-order valence-corrected chi connectivity index (χ2v) is 9.06. The highest BCUT2D eigenvalue weighted by molar-refractivity contribution is 7.21. The van der Waals surface area contributed by atoms with Crippen LogP contribution in [0.3, 0.4) is 0 Å². The van der Waals surface area contributed by atoms with E-state index in [0.29, 0.717) is 27.4 Å². The number of nitrogens with zero attached hydrogens (tertiary/aromatic N) is 3. The summed E-state index contributed by atoms with van der Waals surface area (Å²) in [7, 11) is 1.53. The minimum Gasteiger partial charge on any atom is -0.487 e. The molecule has 1 atom stereocenters. The lowest BCUT2D eigenvalue weighted by molar-refractivity contribution is -0.117. The van der Waals surface area contributed by atoms with Crippen molar-refractivity contribution in [2.45, 2.75) is 26.4 Å². The van der Waals surface area contributed by atoms with E-state index in [1.54, 1.807) is 19.2 Å². The van der Waals surface area contributed by atoms with Crippen LogP contribution in [0, 0.1) is 12.7 Å². The summed E-state index contributed by atoms with van der Waals surface area (Å²) in [5.74, 6) is -0.696. The Morgan fingerprint density at radius 1 is 1.19 bits per heavy atom. The third kappa shape index (κ3) is 5.77. The van der Waals surface area contributed by atoms with Gasteiger partial charge in [0.25, 0.3) is 0 Å². The number of fused-ring (bicyclic) bond motifs is 2. The van der Waals surface area contributed by atoms with E-state index in [2.05, 4.69) is 20.3 Å². The zero-order valence-corrected chi connectivity index (χ0v) is 20.6. The topological polar surface area (TPSA) is 139 Å². The van der Waals surface area contributed by atoms with Crippen molar-refractivity contribution in [3.8, 4) is 22.2 Å². The van der Waals surface area contributed by atoms with Crippen LogP contribution < -0.4 is 20.5 Å². The van der Waals surface area contributed by atoms with Crippen molar-refractivity contribution in [3.05, 3.63) is 41.8 Å². The lowest BCUT2D eigenvalue weighted by Crippen LogP contribution is -2.32. The van der Waals surface area contributed by atoms with E-state index in [1.165, 1.54) is 24.5 Å². The van der Waals surface area contributed by atoms with Crippen LogP contribution in [-0.4, -0.2) is 53.3 Å². The van der Waals surface area contributed by atoms with Gasteiger partial charge in [-0.25, -0.2) is 24.1 Å². The Hall–Kier alpha value is -4.06. The molecule has 4 rings (SSSR count). The number of aryl methyl sites for hydroxylation is 1. The fourth-order valence-electron chi connectivity index (χ4n) is 3.42. The molecular formula is C24H24FN5O5S. The molecule has 0 spiro atoms. The largest absolute Gasteiger partial charge is 0.487 e. The zero-order valence-electron chi connectivity index (χ0n) is 19.8. The van der Waals surface area contributed by atoms with Gasteiger partial charge in [0.1, 0.15) is 17.7 Å². The van der Waals surface area contributed by atoms with Gasteiger partial charge >= 0.3 is 6.09 Å². The molecule has 0 bridgehead atoms. The maximum atomic E-state index is 14.7. The number of hydrogen-bond donors (Lipinski definition) is 2. The number of rotatable bonds is 9. The van der Waals surface area contributed by atoms with Crippen LogP contribution >= 0.6 is 11.3 Å². The van der Waals surface area contributed by atoms with Gasteiger partial charge in [-0.2, -0.15) is 0 Å². The predicted octanol–water partition coefficient (Wildman–Crippen LogP) is 3.73. The summed E-state index contributed by atoms with van der Waals surface area (Å²) in [5, 5.41) is 3.07. The first-order valence-corrected chi connectivity index (χ1v) is 11.8. The van der Waals surface area contributed by atoms with Gasteiger partial charge in [0.05, 0.1) is 34.6 Å². The summed E-state index contributed by atoms with van der Waals surface area (Å²) in [6.45, 7) is 3.55. The number of hydrogen-bond acceptors (Lipinski definition) is 9. The molecule has 2 heterocycles. The summed E-state index contributed by atoms with van der Waals surface area (Å²) in [4.78, 5) is 36.0. The molecule has 0 aliphatic heterocycles. The summed E-state index contributed by atoms with van der Waals surface area (Å²) >= 11 is 1.37. The Morgan fingerprint density at radius 2 is 2.00 bits per heavy atom. The Kier molecular flexibility index (Phi) is 7.44. The maximum Gasteiger partial charge on any atom is 0.407 e. The highest BCUT2D eigenvalue weighted by Gasteiger charge is 2.17. The van der Waals surface area contributed by atoms with Crippen LogP contribution in [0.4, 0.5) is 9.18 Å². The Morgan fingerprint density at radius 3 is 2.75 bits per heavy atom. The first kappa shape index (κ1) is 25.0. The van der Waals surface area contributed by atoms with Gasteiger partial charge in [0, 0.05) is 30.7 Å². The standard InChI is InChI=1S/C24H24FN5O5S/c1-12-6-14(22-17(7-12)29-21(33-3)10-28-22)23-30-16-8-15(25)18(9-19(16)36-23)34-11-13(2)35-24(32)27-5-4-20(26)31/h6-10,13H,4-5,11H2,1-3H3,(H2,26,31)(H,27,32)/t13-/m1/s1. The number of aromatic nitrogens is 3. The molecule has 0 aliphatic carbocycles. The molecule has 0 aliphatic rings. The van der Waals surface area contributed by atoms with Crippen molar-refractivity contribution in [3.63, 3.8) is 0 Å². The third-order valence-corrected chi connectivity index (χ3v) is 6.12.